The Morgan fingerprint density at radius 1 is 1.45 bits per heavy atom. The molecule has 20 heavy (non-hydrogen) atoms. The molecule has 0 radical (unpaired) electrons. The summed E-state index contributed by atoms with van der Waals surface area (Å²) in [6.45, 7) is 5.93. The first-order valence-electron chi connectivity index (χ1n) is 6.43. The summed E-state index contributed by atoms with van der Waals surface area (Å²) in [6, 6.07) is 1.29. The summed E-state index contributed by atoms with van der Waals surface area (Å²) in [6.07, 6.45) is 2.99. The summed E-state index contributed by atoms with van der Waals surface area (Å²) >= 11 is 0. The lowest BCUT2D eigenvalue weighted by Crippen LogP contribution is -2.37. The third kappa shape index (κ3) is 2.87. The number of hydrogen-bond acceptors (Lipinski definition) is 5. The van der Waals surface area contributed by atoms with Gasteiger partial charge in [-0.3, -0.25) is 10.1 Å². The molecule has 0 spiro atoms. The monoisotopic (exact) mass is 279 g/mol. The zero-order valence-corrected chi connectivity index (χ0v) is 11.5. The van der Waals surface area contributed by atoms with Gasteiger partial charge in [0.2, 0.25) is 0 Å². The number of pyridine rings is 1. The van der Waals surface area contributed by atoms with E-state index >= 15 is 0 Å². The lowest BCUT2D eigenvalue weighted by atomic mass is 9.83. The molecule has 1 aromatic rings. The molecule has 0 bridgehead atoms. The third-order valence-corrected chi connectivity index (χ3v) is 3.74. The van der Waals surface area contributed by atoms with Crippen LogP contribution in [-0.4, -0.2) is 34.1 Å². The van der Waals surface area contributed by atoms with E-state index in [9.17, 15) is 14.9 Å². The fourth-order valence-corrected chi connectivity index (χ4v) is 2.27. The SMILES string of the molecule is CC1(C)CCN(c2cc(C(=O)O)c([N+](=O)[O-])cn2)CC1. The summed E-state index contributed by atoms with van der Waals surface area (Å²) in [7, 11) is 0. The topological polar surface area (TPSA) is 96.6 Å². The van der Waals surface area contributed by atoms with Gasteiger partial charge in [0, 0.05) is 19.2 Å². The molecule has 7 nitrogen and oxygen atoms in total. The minimum absolute atomic E-state index is 0.271. The second kappa shape index (κ2) is 5.07. The Balaban J connectivity index is 2.28. The molecular formula is C13H17N3O4. The van der Waals surface area contributed by atoms with Crippen LogP contribution in [0.3, 0.4) is 0 Å². The number of nitrogens with zero attached hydrogens (tertiary/aromatic N) is 3. The van der Waals surface area contributed by atoms with E-state index in [-0.39, 0.29) is 11.0 Å². The number of carboxylic acids is 1. The smallest absolute Gasteiger partial charge is 0.342 e. The number of rotatable bonds is 3. The fraction of sp³-hybridized carbons (Fsp3) is 0.538. The predicted octanol–water partition coefficient (Wildman–Crippen LogP) is 2.31. The van der Waals surface area contributed by atoms with Crippen LogP contribution in [0.15, 0.2) is 12.3 Å². The first-order valence-corrected chi connectivity index (χ1v) is 6.43. The number of nitro groups is 1. The Kier molecular flexibility index (Phi) is 3.61. The average molecular weight is 279 g/mol. The number of piperidine rings is 1. The highest BCUT2D eigenvalue weighted by molar-refractivity contribution is 5.93. The number of carboxylic acid groups (broad SMARTS) is 1. The van der Waals surface area contributed by atoms with Crippen molar-refractivity contribution in [2.45, 2.75) is 26.7 Å². The quantitative estimate of drug-likeness (QED) is 0.673. The van der Waals surface area contributed by atoms with Crippen LogP contribution in [0.4, 0.5) is 11.5 Å². The van der Waals surface area contributed by atoms with E-state index in [1.54, 1.807) is 0 Å². The molecular weight excluding hydrogens is 262 g/mol. The largest absolute Gasteiger partial charge is 0.477 e. The van der Waals surface area contributed by atoms with Crippen molar-refractivity contribution in [3.8, 4) is 0 Å². The van der Waals surface area contributed by atoms with Gasteiger partial charge in [-0.25, -0.2) is 9.78 Å². The van der Waals surface area contributed by atoms with E-state index in [2.05, 4.69) is 18.8 Å². The molecule has 0 aromatic carbocycles. The van der Waals surface area contributed by atoms with Crippen molar-refractivity contribution in [3.63, 3.8) is 0 Å². The van der Waals surface area contributed by atoms with Crippen LogP contribution < -0.4 is 4.90 Å². The second-order valence-corrected chi connectivity index (χ2v) is 5.77. The molecule has 0 atom stereocenters. The lowest BCUT2D eigenvalue weighted by molar-refractivity contribution is -0.385. The van der Waals surface area contributed by atoms with Crippen LogP contribution >= 0.6 is 0 Å². The normalized spacial score (nSPS) is 17.8. The minimum atomic E-state index is -1.31. The number of anilines is 1. The number of aromatic nitrogens is 1. The zero-order chi connectivity index (χ0) is 14.9. The summed E-state index contributed by atoms with van der Waals surface area (Å²) in [5.41, 5.74) is -0.518. The van der Waals surface area contributed by atoms with Gasteiger partial charge in [-0.1, -0.05) is 13.8 Å². The molecule has 1 saturated heterocycles. The standard InChI is InChI=1S/C13H17N3O4/c1-13(2)3-5-15(6-4-13)11-7-9(12(17)18)10(8-14-11)16(19)20/h7-8H,3-6H2,1-2H3,(H,17,18). The highest BCUT2D eigenvalue weighted by atomic mass is 16.6. The third-order valence-electron chi connectivity index (χ3n) is 3.74. The van der Waals surface area contributed by atoms with Crippen LogP contribution in [0.25, 0.3) is 0 Å². The molecule has 0 saturated carbocycles. The van der Waals surface area contributed by atoms with Gasteiger partial charge in [-0.05, 0) is 18.3 Å². The van der Waals surface area contributed by atoms with Gasteiger partial charge in [0.15, 0.2) is 0 Å². The first-order chi connectivity index (χ1) is 9.30. The van der Waals surface area contributed by atoms with Crippen LogP contribution in [0.1, 0.15) is 37.0 Å². The molecule has 0 aliphatic carbocycles. The molecule has 0 unspecified atom stereocenters. The van der Waals surface area contributed by atoms with Gasteiger partial charge in [0.1, 0.15) is 17.6 Å². The van der Waals surface area contributed by atoms with E-state index in [0.717, 1.165) is 32.1 Å². The Morgan fingerprint density at radius 2 is 2.05 bits per heavy atom. The van der Waals surface area contributed by atoms with E-state index in [0.29, 0.717) is 5.82 Å². The Hall–Kier alpha value is -2.18. The van der Waals surface area contributed by atoms with E-state index in [4.69, 9.17) is 5.11 Å². The van der Waals surface area contributed by atoms with Gasteiger partial charge in [0.25, 0.3) is 0 Å². The molecule has 2 heterocycles. The van der Waals surface area contributed by atoms with Crippen LogP contribution in [-0.2, 0) is 0 Å². The molecule has 0 amide bonds. The molecule has 1 aliphatic rings. The maximum Gasteiger partial charge on any atom is 0.342 e. The van der Waals surface area contributed by atoms with Gasteiger partial charge in [-0.2, -0.15) is 0 Å². The number of aromatic carboxylic acids is 1. The Labute approximate surface area is 116 Å². The van der Waals surface area contributed by atoms with Crippen molar-refractivity contribution in [2.24, 2.45) is 5.41 Å². The molecule has 2 rings (SSSR count). The second-order valence-electron chi connectivity index (χ2n) is 5.77. The van der Waals surface area contributed by atoms with Crippen LogP contribution in [0.5, 0.6) is 0 Å². The van der Waals surface area contributed by atoms with Crippen molar-refractivity contribution in [1.29, 1.82) is 0 Å². The Morgan fingerprint density at radius 3 is 2.55 bits per heavy atom. The maximum atomic E-state index is 11.1. The lowest BCUT2D eigenvalue weighted by Gasteiger charge is -2.37. The first kappa shape index (κ1) is 14.2. The number of hydrogen-bond donors (Lipinski definition) is 1. The van der Waals surface area contributed by atoms with Crippen molar-refractivity contribution < 1.29 is 14.8 Å². The van der Waals surface area contributed by atoms with Gasteiger partial charge in [-0.15, -0.1) is 0 Å². The van der Waals surface area contributed by atoms with Gasteiger partial charge < -0.3 is 10.0 Å². The van der Waals surface area contributed by atoms with Crippen LogP contribution in [0.2, 0.25) is 0 Å². The Bertz CT molecular complexity index is 547. The summed E-state index contributed by atoms with van der Waals surface area (Å²) in [5, 5.41) is 19.9. The zero-order valence-electron chi connectivity index (χ0n) is 11.5. The molecule has 1 aliphatic heterocycles. The molecule has 108 valence electrons. The van der Waals surface area contributed by atoms with E-state index < -0.39 is 16.6 Å². The maximum absolute atomic E-state index is 11.1. The van der Waals surface area contributed by atoms with E-state index in [1.807, 2.05) is 4.90 Å². The fourth-order valence-electron chi connectivity index (χ4n) is 2.27. The van der Waals surface area contributed by atoms with Crippen molar-refractivity contribution in [3.05, 3.63) is 27.9 Å². The number of carbonyl (C=O) groups is 1. The molecule has 7 heteroatoms. The average Bonchev–Trinajstić information content (AvgIpc) is 2.37. The molecule has 1 fully saturated rings. The minimum Gasteiger partial charge on any atom is -0.477 e. The summed E-state index contributed by atoms with van der Waals surface area (Å²) in [5.74, 6) is -0.818. The highest BCUT2D eigenvalue weighted by Gasteiger charge is 2.28. The predicted molar refractivity (Wildman–Crippen MR) is 73.1 cm³/mol. The molecule has 1 aromatic heterocycles. The van der Waals surface area contributed by atoms with Crippen LogP contribution in [0, 0.1) is 15.5 Å². The van der Waals surface area contributed by atoms with Crippen molar-refractivity contribution in [2.75, 3.05) is 18.0 Å². The summed E-state index contributed by atoms with van der Waals surface area (Å²) < 4.78 is 0. The van der Waals surface area contributed by atoms with E-state index in [1.165, 1.54) is 6.07 Å². The van der Waals surface area contributed by atoms with Gasteiger partial charge >= 0.3 is 11.7 Å². The van der Waals surface area contributed by atoms with Gasteiger partial charge in [0.05, 0.1) is 4.92 Å². The van der Waals surface area contributed by atoms with Crippen molar-refractivity contribution >= 4 is 17.5 Å². The van der Waals surface area contributed by atoms with Crippen molar-refractivity contribution in [1.82, 2.24) is 4.98 Å². The molecule has 1 N–H and O–H groups in total. The summed E-state index contributed by atoms with van der Waals surface area (Å²) in [4.78, 5) is 27.2. The highest BCUT2D eigenvalue weighted by Crippen LogP contribution is 2.32.